The molecule has 0 fully saturated rings. The van der Waals surface area contributed by atoms with Gasteiger partial charge in [-0.3, -0.25) is 9.78 Å². The molecule has 24 heavy (non-hydrogen) atoms. The first-order valence-corrected chi connectivity index (χ1v) is 6.81. The Morgan fingerprint density at radius 3 is 2.21 bits per heavy atom. The van der Waals surface area contributed by atoms with Crippen LogP contribution in [0.2, 0.25) is 0 Å². The van der Waals surface area contributed by atoms with Crippen molar-refractivity contribution in [1.82, 2.24) is 0 Å². The molecule has 0 unspecified atom stereocenters. The normalized spacial score (nSPS) is 11.0. The quantitative estimate of drug-likeness (QED) is 0.440. The smallest absolute Gasteiger partial charge is 0.416 e. The lowest BCUT2D eigenvalue weighted by Crippen LogP contribution is -2.06. The SMILES string of the molecule is CCC(=O)OOc1ccc(Oc2ccc(C(F)(F)F)cc2F)cc1. The van der Waals surface area contributed by atoms with E-state index in [0.29, 0.717) is 6.07 Å². The maximum absolute atomic E-state index is 13.7. The minimum atomic E-state index is -4.63. The highest BCUT2D eigenvalue weighted by Gasteiger charge is 2.31. The molecule has 0 saturated carbocycles. The van der Waals surface area contributed by atoms with Crippen LogP contribution in [0.3, 0.4) is 0 Å². The van der Waals surface area contributed by atoms with Crippen molar-refractivity contribution in [3.8, 4) is 17.2 Å². The second-order valence-corrected chi connectivity index (χ2v) is 4.61. The Kier molecular flexibility index (Phi) is 5.28. The molecule has 128 valence electrons. The topological polar surface area (TPSA) is 44.8 Å². The molecule has 2 aromatic rings. The standard InChI is InChI=1S/C16H12F4O4/c1-2-15(21)24-23-12-6-4-11(5-7-12)22-14-8-3-10(9-13(14)17)16(18,19)20/h3-9H,2H2,1H3. The molecule has 0 bridgehead atoms. The highest BCUT2D eigenvalue weighted by Crippen LogP contribution is 2.33. The predicted molar refractivity (Wildman–Crippen MR) is 74.9 cm³/mol. The Bertz CT molecular complexity index is 711. The van der Waals surface area contributed by atoms with Crippen LogP contribution in [0.5, 0.6) is 17.2 Å². The monoisotopic (exact) mass is 344 g/mol. The molecule has 0 aliphatic carbocycles. The average Bonchev–Trinajstić information content (AvgIpc) is 2.54. The first-order valence-electron chi connectivity index (χ1n) is 6.81. The molecule has 0 aromatic heterocycles. The van der Waals surface area contributed by atoms with Gasteiger partial charge in [0.1, 0.15) is 5.75 Å². The van der Waals surface area contributed by atoms with Crippen LogP contribution in [0.1, 0.15) is 18.9 Å². The lowest BCUT2D eigenvalue weighted by Gasteiger charge is -2.10. The fourth-order valence-corrected chi connectivity index (χ4v) is 1.60. The molecule has 0 saturated heterocycles. The van der Waals surface area contributed by atoms with E-state index in [1.54, 1.807) is 6.92 Å². The molecule has 0 aliphatic heterocycles. The largest absolute Gasteiger partial charge is 0.454 e. The highest BCUT2D eigenvalue weighted by molar-refractivity contribution is 5.68. The summed E-state index contributed by atoms with van der Waals surface area (Å²) in [6, 6.07) is 7.52. The number of hydrogen-bond donors (Lipinski definition) is 0. The third-order valence-corrected chi connectivity index (χ3v) is 2.83. The zero-order valence-electron chi connectivity index (χ0n) is 12.4. The van der Waals surface area contributed by atoms with E-state index in [4.69, 9.17) is 9.62 Å². The molecule has 0 radical (unpaired) electrons. The molecule has 4 nitrogen and oxygen atoms in total. The number of ether oxygens (including phenoxy) is 1. The van der Waals surface area contributed by atoms with Crippen LogP contribution in [-0.4, -0.2) is 5.97 Å². The van der Waals surface area contributed by atoms with Gasteiger partial charge in [0.15, 0.2) is 17.3 Å². The van der Waals surface area contributed by atoms with Gasteiger partial charge < -0.3 is 4.74 Å². The molecule has 0 heterocycles. The molecule has 0 aliphatic rings. The highest BCUT2D eigenvalue weighted by atomic mass is 19.4. The molecule has 0 N–H and O–H groups in total. The maximum Gasteiger partial charge on any atom is 0.416 e. The summed E-state index contributed by atoms with van der Waals surface area (Å²) in [5.74, 6) is -1.67. The minimum Gasteiger partial charge on any atom is -0.454 e. The first-order chi connectivity index (χ1) is 11.3. The van der Waals surface area contributed by atoms with Crippen molar-refractivity contribution >= 4 is 5.97 Å². The van der Waals surface area contributed by atoms with Gasteiger partial charge in [0.05, 0.1) is 5.56 Å². The summed E-state index contributed by atoms with van der Waals surface area (Å²) in [4.78, 5) is 20.1. The summed E-state index contributed by atoms with van der Waals surface area (Å²) in [6.45, 7) is 1.60. The fourth-order valence-electron chi connectivity index (χ4n) is 1.60. The number of carbonyl (C=O) groups is 1. The third kappa shape index (κ3) is 4.61. The summed E-state index contributed by atoms with van der Waals surface area (Å²) in [7, 11) is 0. The van der Waals surface area contributed by atoms with Crippen LogP contribution in [0, 0.1) is 5.82 Å². The Morgan fingerprint density at radius 2 is 1.67 bits per heavy atom. The van der Waals surface area contributed by atoms with Gasteiger partial charge in [-0.15, -0.1) is 0 Å². The van der Waals surface area contributed by atoms with Gasteiger partial charge in [0, 0.05) is 6.42 Å². The van der Waals surface area contributed by atoms with Crippen LogP contribution in [0.15, 0.2) is 42.5 Å². The summed E-state index contributed by atoms with van der Waals surface area (Å²) >= 11 is 0. The summed E-state index contributed by atoms with van der Waals surface area (Å²) in [5.41, 5.74) is -1.10. The number of hydrogen-bond acceptors (Lipinski definition) is 4. The molecular formula is C16H12F4O4. The van der Waals surface area contributed by atoms with Crippen molar-refractivity contribution in [3.63, 3.8) is 0 Å². The summed E-state index contributed by atoms with van der Waals surface area (Å²) in [6.07, 6.45) is -4.48. The lowest BCUT2D eigenvalue weighted by atomic mass is 10.2. The zero-order valence-corrected chi connectivity index (χ0v) is 12.4. The second kappa shape index (κ2) is 7.20. The first kappa shape index (κ1) is 17.6. The van der Waals surface area contributed by atoms with Crippen LogP contribution in [-0.2, 0) is 15.9 Å². The number of carbonyl (C=O) groups excluding carboxylic acids is 1. The van der Waals surface area contributed by atoms with Crippen molar-refractivity contribution in [2.75, 3.05) is 0 Å². The van der Waals surface area contributed by atoms with Gasteiger partial charge in [0.25, 0.3) is 0 Å². The van der Waals surface area contributed by atoms with Gasteiger partial charge in [-0.1, -0.05) is 6.92 Å². The van der Waals surface area contributed by atoms with Crippen LogP contribution in [0.25, 0.3) is 0 Å². The van der Waals surface area contributed by atoms with Crippen molar-refractivity contribution in [1.29, 1.82) is 0 Å². The van der Waals surface area contributed by atoms with E-state index in [1.165, 1.54) is 24.3 Å². The molecular weight excluding hydrogens is 332 g/mol. The Labute approximate surface area is 134 Å². The van der Waals surface area contributed by atoms with Gasteiger partial charge in [-0.2, -0.15) is 13.2 Å². The van der Waals surface area contributed by atoms with Gasteiger partial charge in [-0.25, -0.2) is 9.18 Å². The van der Waals surface area contributed by atoms with Crippen molar-refractivity contribution in [2.45, 2.75) is 19.5 Å². The lowest BCUT2D eigenvalue weighted by molar-refractivity contribution is -0.213. The van der Waals surface area contributed by atoms with Crippen LogP contribution < -0.4 is 9.62 Å². The van der Waals surface area contributed by atoms with Crippen molar-refractivity contribution < 1.29 is 36.9 Å². The number of halogens is 4. The zero-order chi connectivity index (χ0) is 17.7. The molecule has 2 rings (SSSR count). The maximum atomic E-state index is 13.7. The van der Waals surface area contributed by atoms with E-state index in [9.17, 15) is 22.4 Å². The Morgan fingerprint density at radius 1 is 1.04 bits per heavy atom. The number of rotatable bonds is 5. The summed E-state index contributed by atoms with van der Waals surface area (Å²) in [5, 5.41) is 0. The third-order valence-electron chi connectivity index (χ3n) is 2.83. The summed E-state index contributed by atoms with van der Waals surface area (Å²) < 4.78 is 56.3. The Balaban J connectivity index is 2.05. The minimum absolute atomic E-state index is 0.147. The predicted octanol–water partition coefficient (Wildman–Crippen LogP) is 4.88. The fraction of sp³-hybridized carbons (Fsp3) is 0.188. The molecule has 8 heteroatoms. The van der Waals surface area contributed by atoms with Gasteiger partial charge >= 0.3 is 12.1 Å². The number of benzene rings is 2. The molecule has 0 spiro atoms. The van der Waals surface area contributed by atoms with E-state index in [1.807, 2.05) is 0 Å². The van der Waals surface area contributed by atoms with E-state index >= 15 is 0 Å². The molecule has 2 aromatic carbocycles. The van der Waals surface area contributed by atoms with Gasteiger partial charge in [-0.05, 0) is 42.5 Å². The molecule has 0 amide bonds. The van der Waals surface area contributed by atoms with E-state index in [0.717, 1.165) is 12.1 Å². The Hall–Kier alpha value is -2.77. The van der Waals surface area contributed by atoms with Crippen LogP contribution >= 0.6 is 0 Å². The van der Waals surface area contributed by atoms with E-state index in [-0.39, 0.29) is 23.7 Å². The van der Waals surface area contributed by atoms with E-state index in [2.05, 4.69) is 4.89 Å². The second-order valence-electron chi connectivity index (χ2n) is 4.61. The van der Waals surface area contributed by atoms with Gasteiger partial charge in [0.2, 0.25) is 0 Å². The number of alkyl halides is 3. The van der Waals surface area contributed by atoms with Crippen molar-refractivity contribution in [3.05, 3.63) is 53.8 Å². The average molecular weight is 344 g/mol. The van der Waals surface area contributed by atoms with Crippen LogP contribution in [0.4, 0.5) is 17.6 Å². The van der Waals surface area contributed by atoms with E-state index < -0.39 is 23.5 Å². The molecule has 0 atom stereocenters. The van der Waals surface area contributed by atoms with Crippen molar-refractivity contribution in [2.24, 2.45) is 0 Å².